The third-order valence-corrected chi connectivity index (χ3v) is 3.35. The van der Waals surface area contributed by atoms with E-state index in [0.717, 1.165) is 12.1 Å². The lowest BCUT2D eigenvalue weighted by molar-refractivity contribution is -0.141. The summed E-state index contributed by atoms with van der Waals surface area (Å²) in [4.78, 5) is 22.8. The molecule has 1 aliphatic rings. The van der Waals surface area contributed by atoms with E-state index in [-0.39, 0.29) is 17.9 Å². The standard InChI is InChI=1S/C12H17N3O3/c1-7-5-10(15(2)14-7)11(16)13-9-4-3-8(6-9)12(17)18/h5,8-9H,3-4,6H2,1-2H3,(H,13,16)(H,17,18)/t8-,9+/m1/s1. The monoisotopic (exact) mass is 251 g/mol. The van der Waals surface area contributed by atoms with Gasteiger partial charge >= 0.3 is 5.97 Å². The molecule has 6 nitrogen and oxygen atoms in total. The van der Waals surface area contributed by atoms with Gasteiger partial charge in [0.1, 0.15) is 5.69 Å². The van der Waals surface area contributed by atoms with Crippen LogP contribution in [0, 0.1) is 12.8 Å². The van der Waals surface area contributed by atoms with Gasteiger partial charge in [-0.15, -0.1) is 0 Å². The Bertz CT molecular complexity index is 481. The predicted molar refractivity (Wildman–Crippen MR) is 64.2 cm³/mol. The van der Waals surface area contributed by atoms with Crippen LogP contribution >= 0.6 is 0 Å². The molecule has 0 aromatic carbocycles. The van der Waals surface area contributed by atoms with Crippen molar-refractivity contribution in [1.29, 1.82) is 0 Å². The van der Waals surface area contributed by atoms with Gasteiger partial charge in [0.05, 0.1) is 11.6 Å². The quantitative estimate of drug-likeness (QED) is 0.828. The van der Waals surface area contributed by atoms with E-state index in [9.17, 15) is 9.59 Å². The van der Waals surface area contributed by atoms with E-state index < -0.39 is 5.97 Å². The van der Waals surface area contributed by atoms with E-state index in [1.165, 1.54) is 4.68 Å². The molecule has 0 radical (unpaired) electrons. The number of hydrogen-bond donors (Lipinski definition) is 2. The highest BCUT2D eigenvalue weighted by atomic mass is 16.4. The lowest BCUT2D eigenvalue weighted by Gasteiger charge is -2.12. The molecule has 0 saturated heterocycles. The first-order valence-electron chi connectivity index (χ1n) is 6.01. The van der Waals surface area contributed by atoms with E-state index in [4.69, 9.17) is 5.11 Å². The lowest BCUT2D eigenvalue weighted by Crippen LogP contribution is -2.34. The van der Waals surface area contributed by atoms with Crippen LogP contribution in [0.15, 0.2) is 6.07 Å². The summed E-state index contributed by atoms with van der Waals surface area (Å²) in [7, 11) is 1.72. The van der Waals surface area contributed by atoms with E-state index in [0.29, 0.717) is 18.5 Å². The smallest absolute Gasteiger partial charge is 0.306 e. The molecule has 1 fully saturated rings. The Morgan fingerprint density at radius 3 is 2.72 bits per heavy atom. The molecule has 0 bridgehead atoms. The molecule has 0 aliphatic heterocycles. The summed E-state index contributed by atoms with van der Waals surface area (Å²) in [5.74, 6) is -1.29. The number of nitrogens with one attached hydrogen (secondary N) is 1. The van der Waals surface area contributed by atoms with Crippen molar-refractivity contribution in [3.8, 4) is 0 Å². The molecule has 1 heterocycles. The molecule has 0 spiro atoms. The zero-order valence-corrected chi connectivity index (χ0v) is 10.5. The minimum Gasteiger partial charge on any atom is -0.481 e. The minimum absolute atomic E-state index is 0.0474. The molecule has 1 aromatic rings. The number of nitrogens with zero attached hydrogens (tertiary/aromatic N) is 2. The topological polar surface area (TPSA) is 84.2 Å². The molecule has 1 amide bonds. The third-order valence-electron chi connectivity index (χ3n) is 3.35. The fraction of sp³-hybridized carbons (Fsp3) is 0.583. The highest BCUT2D eigenvalue weighted by Crippen LogP contribution is 2.25. The van der Waals surface area contributed by atoms with Crippen LogP contribution in [0.4, 0.5) is 0 Å². The van der Waals surface area contributed by atoms with Gasteiger partial charge in [0.25, 0.3) is 5.91 Å². The summed E-state index contributed by atoms with van der Waals surface area (Å²) in [6.07, 6.45) is 1.86. The van der Waals surface area contributed by atoms with Crippen LogP contribution < -0.4 is 5.32 Å². The summed E-state index contributed by atoms with van der Waals surface area (Å²) in [5, 5.41) is 15.9. The van der Waals surface area contributed by atoms with Crippen LogP contribution in [-0.4, -0.2) is 32.8 Å². The highest BCUT2D eigenvalue weighted by molar-refractivity contribution is 5.92. The Kier molecular flexibility index (Phi) is 3.36. The van der Waals surface area contributed by atoms with Crippen molar-refractivity contribution in [2.24, 2.45) is 13.0 Å². The van der Waals surface area contributed by atoms with Gasteiger partial charge in [-0.2, -0.15) is 5.10 Å². The normalized spacial score (nSPS) is 23.0. The zero-order valence-electron chi connectivity index (χ0n) is 10.5. The van der Waals surface area contributed by atoms with Crippen molar-refractivity contribution in [2.45, 2.75) is 32.2 Å². The number of aryl methyl sites for hydroxylation is 2. The number of aromatic nitrogens is 2. The van der Waals surface area contributed by atoms with Gasteiger partial charge in [0, 0.05) is 13.1 Å². The number of carbonyl (C=O) groups is 2. The van der Waals surface area contributed by atoms with Gasteiger partial charge in [-0.3, -0.25) is 14.3 Å². The molecular formula is C12H17N3O3. The Morgan fingerprint density at radius 1 is 1.50 bits per heavy atom. The molecule has 18 heavy (non-hydrogen) atoms. The lowest BCUT2D eigenvalue weighted by atomic mass is 10.1. The van der Waals surface area contributed by atoms with E-state index in [1.54, 1.807) is 13.1 Å². The molecule has 1 aromatic heterocycles. The predicted octanol–water partition coefficient (Wildman–Crippen LogP) is 0.712. The summed E-state index contributed by atoms with van der Waals surface area (Å²) in [6.45, 7) is 1.83. The van der Waals surface area contributed by atoms with Crippen LogP contribution in [-0.2, 0) is 11.8 Å². The second-order valence-corrected chi connectivity index (χ2v) is 4.81. The number of aliphatic carboxylic acids is 1. The van der Waals surface area contributed by atoms with Crippen LogP contribution in [0.5, 0.6) is 0 Å². The van der Waals surface area contributed by atoms with E-state index in [2.05, 4.69) is 10.4 Å². The first-order valence-corrected chi connectivity index (χ1v) is 6.01. The zero-order chi connectivity index (χ0) is 13.3. The van der Waals surface area contributed by atoms with Gasteiger partial charge in [0.15, 0.2) is 0 Å². The molecule has 98 valence electrons. The average molecular weight is 251 g/mol. The molecule has 1 aliphatic carbocycles. The van der Waals surface area contributed by atoms with Gasteiger partial charge in [-0.05, 0) is 32.3 Å². The maximum Gasteiger partial charge on any atom is 0.306 e. The molecule has 2 N–H and O–H groups in total. The van der Waals surface area contributed by atoms with E-state index in [1.807, 2.05) is 6.92 Å². The maximum atomic E-state index is 12.0. The Morgan fingerprint density at radius 2 is 2.22 bits per heavy atom. The molecule has 2 rings (SSSR count). The molecule has 2 atom stereocenters. The van der Waals surface area contributed by atoms with Gasteiger partial charge in [-0.1, -0.05) is 0 Å². The van der Waals surface area contributed by atoms with Gasteiger partial charge in [-0.25, -0.2) is 0 Å². The highest BCUT2D eigenvalue weighted by Gasteiger charge is 2.31. The van der Waals surface area contributed by atoms with Crippen molar-refractivity contribution in [2.75, 3.05) is 0 Å². The summed E-state index contributed by atoms with van der Waals surface area (Å²) in [5.41, 5.74) is 1.30. The third kappa shape index (κ3) is 2.52. The Labute approximate surface area is 105 Å². The summed E-state index contributed by atoms with van der Waals surface area (Å²) in [6, 6.07) is 1.67. The van der Waals surface area contributed by atoms with Crippen molar-refractivity contribution >= 4 is 11.9 Å². The SMILES string of the molecule is Cc1cc(C(=O)N[C@H]2CC[C@@H](C(=O)O)C2)n(C)n1. The molecule has 1 saturated carbocycles. The first-order chi connectivity index (χ1) is 8.47. The van der Waals surface area contributed by atoms with Gasteiger partial charge < -0.3 is 10.4 Å². The van der Waals surface area contributed by atoms with Crippen molar-refractivity contribution in [3.05, 3.63) is 17.5 Å². The second-order valence-electron chi connectivity index (χ2n) is 4.81. The number of rotatable bonds is 3. The molecule has 0 unspecified atom stereocenters. The fourth-order valence-electron chi connectivity index (χ4n) is 2.42. The van der Waals surface area contributed by atoms with E-state index >= 15 is 0 Å². The van der Waals surface area contributed by atoms with Crippen molar-refractivity contribution in [1.82, 2.24) is 15.1 Å². The number of carbonyl (C=O) groups excluding carboxylic acids is 1. The number of hydrogen-bond acceptors (Lipinski definition) is 3. The first kappa shape index (κ1) is 12.6. The number of amides is 1. The summed E-state index contributed by atoms with van der Waals surface area (Å²) < 4.78 is 1.54. The Balaban J connectivity index is 1.97. The number of carboxylic acids is 1. The minimum atomic E-state index is -0.775. The fourth-order valence-corrected chi connectivity index (χ4v) is 2.42. The maximum absolute atomic E-state index is 12.0. The summed E-state index contributed by atoms with van der Waals surface area (Å²) >= 11 is 0. The van der Waals surface area contributed by atoms with Crippen molar-refractivity contribution in [3.63, 3.8) is 0 Å². The Hall–Kier alpha value is -1.85. The molecule has 6 heteroatoms. The van der Waals surface area contributed by atoms with Gasteiger partial charge in [0.2, 0.25) is 0 Å². The van der Waals surface area contributed by atoms with Crippen LogP contribution in [0.3, 0.4) is 0 Å². The average Bonchev–Trinajstić information content (AvgIpc) is 2.85. The second kappa shape index (κ2) is 4.80. The van der Waals surface area contributed by atoms with Crippen molar-refractivity contribution < 1.29 is 14.7 Å². The van der Waals surface area contributed by atoms with Crippen LogP contribution in [0.2, 0.25) is 0 Å². The van der Waals surface area contributed by atoms with Crippen LogP contribution in [0.1, 0.15) is 35.4 Å². The largest absolute Gasteiger partial charge is 0.481 e. The molecular weight excluding hydrogens is 234 g/mol. The van der Waals surface area contributed by atoms with Crippen LogP contribution in [0.25, 0.3) is 0 Å². The number of carboxylic acid groups (broad SMARTS) is 1.